The predicted molar refractivity (Wildman–Crippen MR) is 110 cm³/mol. The van der Waals surface area contributed by atoms with Gasteiger partial charge in [-0.25, -0.2) is 4.98 Å². The fraction of sp³-hybridized carbons (Fsp3) is 0.348. The van der Waals surface area contributed by atoms with E-state index in [1.807, 2.05) is 12.1 Å². The smallest absolute Gasteiger partial charge is 0.231 e. The molecule has 1 aliphatic heterocycles. The number of imidazole rings is 1. The molecule has 5 nitrogen and oxygen atoms in total. The van der Waals surface area contributed by atoms with Crippen LogP contribution in [0.5, 0.6) is 11.5 Å². The first-order valence-electron chi connectivity index (χ1n) is 9.93. The number of hydrogen-bond donors (Lipinski definition) is 1. The molecule has 0 amide bonds. The average Bonchev–Trinajstić information content (AvgIpc) is 3.33. The predicted octanol–water partition coefficient (Wildman–Crippen LogP) is 4.78. The molecule has 2 aromatic carbocycles. The molecule has 1 N–H and O–H groups in total. The number of nitrogens with one attached hydrogen (secondary N) is 1. The van der Waals surface area contributed by atoms with E-state index < -0.39 is 0 Å². The number of benzene rings is 2. The molecule has 0 atom stereocenters. The van der Waals surface area contributed by atoms with E-state index in [9.17, 15) is 0 Å². The lowest BCUT2D eigenvalue weighted by Gasteiger charge is -2.17. The zero-order valence-electron chi connectivity index (χ0n) is 16.6. The largest absolute Gasteiger partial charge is 0.454 e. The van der Waals surface area contributed by atoms with Gasteiger partial charge in [0, 0.05) is 18.7 Å². The topological polar surface area (TPSA) is 50.4 Å². The number of aromatic nitrogens is 2. The van der Waals surface area contributed by atoms with Crippen LogP contribution in [0.3, 0.4) is 0 Å². The lowest BCUT2D eigenvalue weighted by atomic mass is 10.1. The molecule has 0 fully saturated rings. The quantitative estimate of drug-likeness (QED) is 0.614. The number of H-pyrrole nitrogens is 1. The van der Waals surface area contributed by atoms with Crippen molar-refractivity contribution < 1.29 is 9.47 Å². The number of aryl methyl sites for hydroxylation is 1. The summed E-state index contributed by atoms with van der Waals surface area (Å²) < 4.78 is 10.9. The molecule has 146 valence electrons. The van der Waals surface area contributed by atoms with Gasteiger partial charge in [0.2, 0.25) is 6.79 Å². The second-order valence-corrected chi connectivity index (χ2v) is 7.34. The summed E-state index contributed by atoms with van der Waals surface area (Å²) >= 11 is 0. The Balaban J connectivity index is 1.50. The van der Waals surface area contributed by atoms with E-state index in [0.29, 0.717) is 6.79 Å². The monoisotopic (exact) mass is 377 g/mol. The van der Waals surface area contributed by atoms with Crippen LogP contribution < -0.4 is 9.47 Å². The summed E-state index contributed by atoms with van der Waals surface area (Å²) in [5.74, 6) is 2.62. The molecule has 1 aromatic heterocycles. The van der Waals surface area contributed by atoms with Gasteiger partial charge in [0.1, 0.15) is 5.82 Å². The Labute approximate surface area is 166 Å². The molecule has 3 aromatic rings. The first-order valence-corrected chi connectivity index (χ1v) is 9.93. The zero-order chi connectivity index (χ0) is 19.3. The maximum Gasteiger partial charge on any atom is 0.231 e. The summed E-state index contributed by atoms with van der Waals surface area (Å²) in [5, 5.41) is 0. The lowest BCUT2D eigenvalue weighted by molar-refractivity contribution is 0.174. The van der Waals surface area contributed by atoms with Crippen molar-refractivity contribution in [2.75, 3.05) is 13.8 Å². The van der Waals surface area contributed by atoms with Crippen LogP contribution in [0, 0.1) is 0 Å². The number of aromatic amines is 1. The van der Waals surface area contributed by atoms with Gasteiger partial charge in [-0.1, -0.05) is 49.7 Å². The highest BCUT2D eigenvalue weighted by Gasteiger charge is 2.16. The summed E-state index contributed by atoms with van der Waals surface area (Å²) in [4.78, 5) is 10.8. The molecular formula is C23H27N3O2. The van der Waals surface area contributed by atoms with Crippen molar-refractivity contribution in [1.29, 1.82) is 0 Å². The summed E-state index contributed by atoms with van der Waals surface area (Å²) in [6.45, 7) is 4.19. The number of fused-ring (bicyclic) bond motifs is 1. The third-order valence-electron chi connectivity index (χ3n) is 5.00. The third-order valence-corrected chi connectivity index (χ3v) is 5.00. The molecule has 0 radical (unpaired) electrons. The highest BCUT2D eigenvalue weighted by atomic mass is 16.7. The van der Waals surface area contributed by atoms with Gasteiger partial charge in [0.15, 0.2) is 11.5 Å². The standard InChI is InChI=1S/C23H27N3O2/c1-3-4-10-19-20(25-23(24-19)18-8-6-5-7-9-18)15-26(2)14-17-11-12-21-22(13-17)28-16-27-21/h5-9,11-13H,3-4,10,14-16H2,1-2H3,(H,24,25). The minimum Gasteiger partial charge on any atom is -0.454 e. The minimum absolute atomic E-state index is 0.311. The van der Waals surface area contributed by atoms with Crippen LogP contribution >= 0.6 is 0 Å². The van der Waals surface area contributed by atoms with Gasteiger partial charge in [-0.3, -0.25) is 4.90 Å². The normalized spacial score (nSPS) is 12.7. The van der Waals surface area contributed by atoms with Crippen LogP contribution in [0.1, 0.15) is 36.7 Å². The van der Waals surface area contributed by atoms with Gasteiger partial charge in [0.25, 0.3) is 0 Å². The van der Waals surface area contributed by atoms with Crippen molar-refractivity contribution >= 4 is 0 Å². The van der Waals surface area contributed by atoms with E-state index >= 15 is 0 Å². The van der Waals surface area contributed by atoms with Gasteiger partial charge < -0.3 is 14.5 Å². The molecule has 5 heteroatoms. The Morgan fingerprint density at radius 1 is 1.04 bits per heavy atom. The number of nitrogens with zero attached hydrogens (tertiary/aromatic N) is 2. The number of rotatable bonds is 8. The van der Waals surface area contributed by atoms with Crippen molar-refractivity contribution in [1.82, 2.24) is 14.9 Å². The van der Waals surface area contributed by atoms with E-state index in [1.165, 1.54) is 23.4 Å². The number of unbranched alkanes of at least 4 members (excludes halogenated alkanes) is 1. The first-order chi connectivity index (χ1) is 13.7. The molecule has 2 heterocycles. The molecular weight excluding hydrogens is 350 g/mol. The molecule has 1 aliphatic rings. The van der Waals surface area contributed by atoms with Crippen molar-refractivity contribution in [3.05, 3.63) is 65.5 Å². The highest BCUT2D eigenvalue weighted by Crippen LogP contribution is 2.32. The van der Waals surface area contributed by atoms with Crippen LogP contribution in [-0.2, 0) is 19.5 Å². The molecule has 28 heavy (non-hydrogen) atoms. The van der Waals surface area contributed by atoms with E-state index in [1.54, 1.807) is 0 Å². The van der Waals surface area contributed by atoms with Gasteiger partial charge in [-0.15, -0.1) is 0 Å². The molecule has 0 aliphatic carbocycles. The molecule has 0 saturated heterocycles. The summed E-state index contributed by atoms with van der Waals surface area (Å²) in [6, 6.07) is 16.5. The molecule has 4 rings (SSSR count). The van der Waals surface area contributed by atoms with Crippen LogP contribution in [0.15, 0.2) is 48.5 Å². The van der Waals surface area contributed by atoms with Crippen molar-refractivity contribution in [2.45, 2.75) is 39.3 Å². The van der Waals surface area contributed by atoms with Crippen LogP contribution in [0.4, 0.5) is 0 Å². The van der Waals surface area contributed by atoms with E-state index in [4.69, 9.17) is 14.5 Å². The SMILES string of the molecule is CCCCc1nc(-c2ccccc2)[nH]c1CN(C)Cc1ccc2c(c1)OCO2. The van der Waals surface area contributed by atoms with Gasteiger partial charge in [0.05, 0.1) is 11.4 Å². The first kappa shape index (κ1) is 18.6. The Morgan fingerprint density at radius 3 is 2.68 bits per heavy atom. The Morgan fingerprint density at radius 2 is 1.86 bits per heavy atom. The maximum absolute atomic E-state index is 5.50. The summed E-state index contributed by atoms with van der Waals surface area (Å²) in [5.41, 5.74) is 4.73. The molecule has 0 saturated carbocycles. The van der Waals surface area contributed by atoms with Crippen LogP contribution in [0.25, 0.3) is 11.4 Å². The van der Waals surface area contributed by atoms with Crippen LogP contribution in [-0.4, -0.2) is 28.7 Å². The van der Waals surface area contributed by atoms with Crippen molar-refractivity contribution in [3.63, 3.8) is 0 Å². The third kappa shape index (κ3) is 4.20. The fourth-order valence-electron chi connectivity index (χ4n) is 3.54. The summed E-state index contributed by atoms with van der Waals surface area (Å²) in [6.07, 6.45) is 3.32. The van der Waals surface area contributed by atoms with Gasteiger partial charge >= 0.3 is 0 Å². The van der Waals surface area contributed by atoms with Gasteiger partial charge in [-0.2, -0.15) is 0 Å². The van der Waals surface area contributed by atoms with E-state index in [2.05, 4.69) is 60.3 Å². The number of ether oxygens (including phenoxy) is 2. The Hall–Kier alpha value is -2.79. The maximum atomic E-state index is 5.50. The molecule has 0 unspecified atom stereocenters. The van der Waals surface area contributed by atoms with E-state index in [-0.39, 0.29) is 0 Å². The fourth-order valence-corrected chi connectivity index (χ4v) is 3.54. The van der Waals surface area contributed by atoms with Crippen molar-refractivity contribution in [3.8, 4) is 22.9 Å². The lowest BCUT2D eigenvalue weighted by Crippen LogP contribution is -2.18. The Bertz CT molecular complexity index is 921. The molecule has 0 spiro atoms. The molecule has 0 bridgehead atoms. The van der Waals surface area contributed by atoms with Crippen molar-refractivity contribution in [2.24, 2.45) is 0 Å². The summed E-state index contributed by atoms with van der Waals surface area (Å²) in [7, 11) is 2.14. The minimum atomic E-state index is 0.311. The average molecular weight is 377 g/mol. The second kappa shape index (κ2) is 8.48. The number of hydrogen-bond acceptors (Lipinski definition) is 4. The highest BCUT2D eigenvalue weighted by molar-refractivity contribution is 5.55. The van der Waals surface area contributed by atoms with Gasteiger partial charge in [-0.05, 0) is 37.6 Å². The van der Waals surface area contributed by atoms with E-state index in [0.717, 1.165) is 48.8 Å². The van der Waals surface area contributed by atoms with Crippen LogP contribution in [0.2, 0.25) is 0 Å². The Kier molecular flexibility index (Phi) is 5.63. The zero-order valence-corrected chi connectivity index (χ0v) is 16.6. The second-order valence-electron chi connectivity index (χ2n) is 7.34.